The standard InChI is InChI=1S/C27H26N2O5/c30-26(20-14-23(33-16-20)13-18-5-2-1-3-6-18)28-24-11-9-19-8-10-21(15-25(19)29-27(24)31)34-17-22-7-4-12-32-22/h1-3,5-6,8,10,14-16,22H,4,7,9,11-13,17H2,(H,29,31). The normalized spacial score (nSPS) is 18.9. The zero-order chi connectivity index (χ0) is 23.3. The molecule has 0 saturated carbocycles. The van der Waals surface area contributed by atoms with Gasteiger partial charge in [0.15, 0.2) is 0 Å². The first-order valence-electron chi connectivity index (χ1n) is 11.6. The number of benzene rings is 2. The predicted molar refractivity (Wildman–Crippen MR) is 128 cm³/mol. The third-order valence-electron chi connectivity index (χ3n) is 6.04. The summed E-state index contributed by atoms with van der Waals surface area (Å²) in [6.07, 6.45) is 5.12. The Morgan fingerprint density at radius 1 is 1.12 bits per heavy atom. The maximum atomic E-state index is 12.8. The Bertz CT molecular complexity index is 1210. The van der Waals surface area contributed by atoms with Gasteiger partial charge in [-0.05, 0) is 48.9 Å². The number of fused-ring (bicyclic) bond motifs is 1. The number of carbonyl (C=O) groups is 2. The number of hydrogen-bond donors (Lipinski definition) is 1. The molecule has 5 rings (SSSR count). The van der Waals surface area contributed by atoms with Crippen molar-refractivity contribution in [2.24, 2.45) is 4.99 Å². The largest absolute Gasteiger partial charge is 0.491 e. The Labute approximate surface area is 197 Å². The van der Waals surface area contributed by atoms with Crippen LogP contribution >= 0.6 is 0 Å². The van der Waals surface area contributed by atoms with Gasteiger partial charge in [-0.1, -0.05) is 36.4 Å². The molecule has 2 aliphatic heterocycles. The van der Waals surface area contributed by atoms with E-state index in [1.807, 2.05) is 48.5 Å². The van der Waals surface area contributed by atoms with Crippen molar-refractivity contribution in [3.63, 3.8) is 0 Å². The fourth-order valence-corrected chi connectivity index (χ4v) is 4.18. The Hall–Kier alpha value is -3.71. The summed E-state index contributed by atoms with van der Waals surface area (Å²) in [6.45, 7) is 1.27. The van der Waals surface area contributed by atoms with Crippen LogP contribution in [0, 0.1) is 0 Å². The molecule has 2 amide bonds. The monoisotopic (exact) mass is 458 g/mol. The van der Waals surface area contributed by atoms with Crippen LogP contribution in [0.5, 0.6) is 5.75 Å². The molecule has 2 aromatic carbocycles. The molecule has 0 aliphatic carbocycles. The van der Waals surface area contributed by atoms with Gasteiger partial charge in [-0.2, -0.15) is 0 Å². The van der Waals surface area contributed by atoms with Gasteiger partial charge >= 0.3 is 0 Å². The van der Waals surface area contributed by atoms with Crippen molar-refractivity contribution < 1.29 is 23.5 Å². The maximum Gasteiger partial charge on any atom is 0.280 e. The molecule has 0 spiro atoms. The number of hydrogen-bond acceptors (Lipinski definition) is 5. The van der Waals surface area contributed by atoms with Crippen LogP contribution < -0.4 is 10.1 Å². The number of furan rings is 1. The van der Waals surface area contributed by atoms with Gasteiger partial charge in [-0.15, -0.1) is 0 Å². The number of aryl methyl sites for hydroxylation is 1. The summed E-state index contributed by atoms with van der Waals surface area (Å²) >= 11 is 0. The van der Waals surface area contributed by atoms with Crippen molar-refractivity contribution in [3.05, 3.63) is 83.3 Å². The second-order valence-electron chi connectivity index (χ2n) is 8.55. The number of anilines is 1. The molecule has 0 radical (unpaired) electrons. The smallest absolute Gasteiger partial charge is 0.280 e. The first-order chi connectivity index (χ1) is 16.6. The molecule has 1 saturated heterocycles. The lowest BCUT2D eigenvalue weighted by Gasteiger charge is -2.13. The van der Waals surface area contributed by atoms with Crippen molar-refractivity contribution in [2.75, 3.05) is 18.5 Å². The molecule has 1 fully saturated rings. The van der Waals surface area contributed by atoms with E-state index in [1.54, 1.807) is 6.07 Å². The molecule has 34 heavy (non-hydrogen) atoms. The molecule has 1 N–H and O–H groups in total. The van der Waals surface area contributed by atoms with E-state index in [9.17, 15) is 9.59 Å². The number of rotatable bonds is 6. The van der Waals surface area contributed by atoms with E-state index in [4.69, 9.17) is 13.9 Å². The van der Waals surface area contributed by atoms with E-state index in [0.717, 1.165) is 30.6 Å². The first kappa shape index (κ1) is 22.1. The number of nitrogens with zero attached hydrogens (tertiary/aromatic N) is 1. The fraction of sp³-hybridized carbons (Fsp3) is 0.296. The Balaban J connectivity index is 1.24. The number of carbonyl (C=O) groups excluding carboxylic acids is 2. The molecule has 1 unspecified atom stereocenters. The van der Waals surface area contributed by atoms with E-state index in [-0.39, 0.29) is 17.7 Å². The first-order valence-corrected chi connectivity index (χ1v) is 11.6. The SMILES string of the molecule is O=C1Nc2cc(OCC3CCCO3)ccc2CCC1=NC(=O)c1coc(Cc2ccccc2)c1. The van der Waals surface area contributed by atoms with Crippen molar-refractivity contribution >= 4 is 23.2 Å². The van der Waals surface area contributed by atoms with E-state index in [2.05, 4.69) is 10.3 Å². The number of ether oxygens (including phenoxy) is 2. The van der Waals surface area contributed by atoms with Crippen LogP contribution in [0.25, 0.3) is 0 Å². The van der Waals surface area contributed by atoms with E-state index < -0.39 is 5.91 Å². The van der Waals surface area contributed by atoms with Gasteiger partial charge < -0.3 is 19.2 Å². The minimum atomic E-state index is -0.486. The lowest BCUT2D eigenvalue weighted by atomic mass is 10.1. The van der Waals surface area contributed by atoms with E-state index >= 15 is 0 Å². The van der Waals surface area contributed by atoms with Gasteiger partial charge in [-0.3, -0.25) is 9.59 Å². The number of nitrogens with one attached hydrogen (secondary N) is 1. The zero-order valence-electron chi connectivity index (χ0n) is 18.8. The van der Waals surface area contributed by atoms with Crippen LogP contribution in [-0.4, -0.2) is 36.8 Å². The Morgan fingerprint density at radius 2 is 2.00 bits per heavy atom. The van der Waals surface area contributed by atoms with Gasteiger partial charge in [0, 0.05) is 24.8 Å². The van der Waals surface area contributed by atoms with Crippen molar-refractivity contribution in [1.82, 2.24) is 0 Å². The summed E-state index contributed by atoms with van der Waals surface area (Å²) in [5, 5.41) is 2.88. The predicted octanol–water partition coefficient (Wildman–Crippen LogP) is 4.59. The van der Waals surface area contributed by atoms with Crippen LogP contribution in [0.3, 0.4) is 0 Å². The molecule has 7 nitrogen and oxygen atoms in total. The molecule has 0 bridgehead atoms. The topological polar surface area (TPSA) is 90.1 Å². The Morgan fingerprint density at radius 3 is 2.82 bits per heavy atom. The second kappa shape index (κ2) is 10.1. The summed E-state index contributed by atoms with van der Waals surface area (Å²) in [7, 11) is 0. The number of aliphatic imine (C=N–C) groups is 1. The van der Waals surface area contributed by atoms with Crippen LogP contribution in [0.15, 0.2) is 70.3 Å². The van der Waals surface area contributed by atoms with Crippen LogP contribution in [-0.2, 0) is 22.4 Å². The van der Waals surface area contributed by atoms with Crippen molar-refractivity contribution in [3.8, 4) is 5.75 Å². The number of amides is 2. The molecule has 1 aromatic heterocycles. The lowest BCUT2D eigenvalue weighted by molar-refractivity contribution is -0.110. The molecule has 7 heteroatoms. The summed E-state index contributed by atoms with van der Waals surface area (Å²) in [4.78, 5) is 29.6. The highest BCUT2D eigenvalue weighted by Gasteiger charge is 2.22. The zero-order valence-corrected chi connectivity index (χ0v) is 18.8. The highest BCUT2D eigenvalue weighted by molar-refractivity contribution is 6.45. The van der Waals surface area contributed by atoms with Gasteiger partial charge in [0.2, 0.25) is 0 Å². The molecule has 3 aromatic rings. The van der Waals surface area contributed by atoms with Crippen molar-refractivity contribution in [2.45, 2.75) is 38.2 Å². The average molecular weight is 459 g/mol. The molecular weight excluding hydrogens is 432 g/mol. The summed E-state index contributed by atoms with van der Waals surface area (Å²) in [5.74, 6) is 0.481. The highest BCUT2D eigenvalue weighted by atomic mass is 16.5. The van der Waals surface area contributed by atoms with E-state index in [1.165, 1.54) is 6.26 Å². The van der Waals surface area contributed by atoms with Crippen LogP contribution in [0.2, 0.25) is 0 Å². The van der Waals surface area contributed by atoms with Crippen LogP contribution in [0.1, 0.15) is 46.5 Å². The maximum absolute atomic E-state index is 12.8. The highest BCUT2D eigenvalue weighted by Crippen LogP contribution is 2.27. The summed E-state index contributed by atoms with van der Waals surface area (Å²) < 4.78 is 17.0. The second-order valence-corrected chi connectivity index (χ2v) is 8.55. The van der Waals surface area contributed by atoms with Gasteiger partial charge in [0.05, 0.1) is 11.7 Å². The summed E-state index contributed by atoms with van der Waals surface area (Å²) in [6, 6.07) is 17.2. The molecule has 3 heterocycles. The van der Waals surface area contributed by atoms with Gasteiger partial charge in [0.1, 0.15) is 30.1 Å². The molecule has 174 valence electrons. The molecular formula is C27H26N2O5. The summed E-state index contributed by atoms with van der Waals surface area (Å²) in [5.41, 5.74) is 3.28. The van der Waals surface area contributed by atoms with E-state index in [0.29, 0.717) is 48.6 Å². The third kappa shape index (κ3) is 5.26. The van der Waals surface area contributed by atoms with Crippen molar-refractivity contribution in [1.29, 1.82) is 0 Å². The average Bonchev–Trinajstić information content (AvgIpc) is 3.51. The van der Waals surface area contributed by atoms with Crippen LogP contribution in [0.4, 0.5) is 5.69 Å². The third-order valence-corrected chi connectivity index (χ3v) is 6.04. The lowest BCUT2D eigenvalue weighted by Crippen LogP contribution is -2.22. The Kier molecular flexibility index (Phi) is 6.53. The fourth-order valence-electron chi connectivity index (χ4n) is 4.18. The molecule has 1 atom stereocenters. The quantitative estimate of drug-likeness (QED) is 0.583. The minimum Gasteiger partial charge on any atom is -0.491 e. The van der Waals surface area contributed by atoms with Gasteiger partial charge in [-0.25, -0.2) is 4.99 Å². The van der Waals surface area contributed by atoms with Gasteiger partial charge in [0.25, 0.3) is 11.8 Å². The molecule has 2 aliphatic rings. The minimum absolute atomic E-state index is 0.120.